The number of carbonyl (C=O) groups is 2. The van der Waals surface area contributed by atoms with Gasteiger partial charge in [-0.05, 0) is 0 Å². The van der Waals surface area contributed by atoms with E-state index in [1.165, 1.54) is 0 Å². The van der Waals surface area contributed by atoms with Crippen molar-refractivity contribution in [2.24, 2.45) is 0 Å². The molecule has 9 heteroatoms. The van der Waals surface area contributed by atoms with Gasteiger partial charge in [-0.1, -0.05) is 0 Å². The van der Waals surface area contributed by atoms with Gasteiger partial charge in [0.2, 0.25) is 0 Å². The number of rotatable bonds is 5. The van der Waals surface area contributed by atoms with E-state index in [1.807, 2.05) is 0 Å². The Labute approximate surface area is 114 Å². The van der Waals surface area contributed by atoms with Gasteiger partial charge >= 0.3 is 49.7 Å². The molecule has 0 aromatic carbocycles. The van der Waals surface area contributed by atoms with Gasteiger partial charge in [0.15, 0.2) is 12.2 Å². The fourth-order valence-electron chi connectivity index (χ4n) is 0.666. The van der Waals surface area contributed by atoms with Crippen molar-refractivity contribution in [2.75, 3.05) is 0 Å². The molecule has 0 heterocycles. The molecule has 4 atom stereocenters. The largest absolute Gasteiger partial charge is 2.00 e. The Balaban J connectivity index is 0. The monoisotopic (exact) mass is 250 g/mol. The minimum absolute atomic E-state index is 0. The minimum Gasteiger partial charge on any atom is -0.479 e. The topological polar surface area (TPSA) is 156 Å². The molecular weight excluding hydrogens is 240 g/mol. The molecule has 0 fully saturated rings. The van der Waals surface area contributed by atoms with Gasteiger partial charge in [0.1, 0.15) is 12.2 Å². The van der Waals surface area contributed by atoms with Gasteiger partial charge < -0.3 is 30.6 Å². The average Bonchev–Trinajstić information content (AvgIpc) is 2.12. The first kappa shape index (κ1) is 17.4. The molecule has 4 unspecified atom stereocenters. The van der Waals surface area contributed by atoms with Crippen molar-refractivity contribution in [1.82, 2.24) is 0 Å². The Morgan fingerprint density at radius 2 is 0.933 bits per heavy atom. The molecule has 0 aromatic rings. The zero-order valence-corrected chi connectivity index (χ0v) is 9.72. The molecule has 0 amide bonds. The summed E-state index contributed by atoms with van der Waals surface area (Å²) in [7, 11) is 0. The van der Waals surface area contributed by atoms with E-state index in [0.717, 1.165) is 0 Å². The second kappa shape index (κ2) is 7.34. The van der Waals surface area contributed by atoms with Gasteiger partial charge in [0, 0.05) is 0 Å². The first-order valence-electron chi connectivity index (χ1n) is 3.47. The summed E-state index contributed by atoms with van der Waals surface area (Å²) in [5, 5.41) is 51.5. The van der Waals surface area contributed by atoms with Crippen LogP contribution in [0.1, 0.15) is 0 Å². The van der Waals surface area contributed by atoms with Crippen LogP contribution in [0.15, 0.2) is 0 Å². The molecule has 82 valence electrons. The Kier molecular flexibility index (Phi) is 8.53. The summed E-state index contributed by atoms with van der Waals surface area (Å²) in [4.78, 5) is 20.2. The number of hydrogen-bond acceptors (Lipinski definition) is 6. The van der Waals surface area contributed by atoms with Crippen LogP contribution in [0.4, 0.5) is 0 Å². The first-order chi connectivity index (χ1) is 6.29. The second-order valence-electron chi connectivity index (χ2n) is 2.55. The van der Waals surface area contributed by atoms with Gasteiger partial charge in [-0.25, -0.2) is 9.59 Å². The van der Waals surface area contributed by atoms with E-state index in [4.69, 9.17) is 30.6 Å². The van der Waals surface area contributed by atoms with Crippen LogP contribution in [0.5, 0.6) is 0 Å². The summed E-state index contributed by atoms with van der Waals surface area (Å²) in [5.41, 5.74) is 0. The van der Waals surface area contributed by atoms with Crippen LogP contribution in [0.3, 0.4) is 0 Å². The van der Waals surface area contributed by atoms with Gasteiger partial charge in [0.05, 0.1) is 0 Å². The standard InChI is InChI=1S/C6H10O8.Ca/c7-1(3(9)5(11)12)2(8)4(10)6(13)14;/h1-4,7-10H,(H,11,12)(H,13,14);/q;+2. The van der Waals surface area contributed by atoms with Crippen LogP contribution < -0.4 is 0 Å². The summed E-state index contributed by atoms with van der Waals surface area (Å²) in [6, 6.07) is 0. The zero-order valence-electron chi connectivity index (χ0n) is 7.52. The number of aliphatic carboxylic acids is 2. The number of hydrogen-bond donors (Lipinski definition) is 6. The summed E-state index contributed by atoms with van der Waals surface area (Å²) in [6.45, 7) is 0. The molecule has 8 nitrogen and oxygen atoms in total. The maximum absolute atomic E-state index is 10.1. The molecule has 0 aliphatic carbocycles. The van der Waals surface area contributed by atoms with Gasteiger partial charge in [-0.2, -0.15) is 0 Å². The third kappa shape index (κ3) is 5.07. The number of aliphatic hydroxyl groups is 4. The third-order valence-electron chi connectivity index (χ3n) is 1.50. The average molecular weight is 250 g/mol. The van der Waals surface area contributed by atoms with Crippen LogP contribution in [-0.2, 0) is 9.59 Å². The Morgan fingerprint density at radius 3 is 1.07 bits per heavy atom. The van der Waals surface area contributed by atoms with Crippen LogP contribution in [0, 0.1) is 0 Å². The van der Waals surface area contributed by atoms with Crippen molar-refractivity contribution < 1.29 is 40.2 Å². The molecule has 0 spiro atoms. The normalized spacial score (nSPS) is 18.1. The van der Waals surface area contributed by atoms with Crippen molar-refractivity contribution in [2.45, 2.75) is 24.4 Å². The first-order valence-corrected chi connectivity index (χ1v) is 3.47. The molecule has 0 aliphatic heterocycles. The fourth-order valence-corrected chi connectivity index (χ4v) is 0.666. The molecule has 0 saturated carbocycles. The number of aliphatic hydroxyl groups excluding tert-OH is 4. The molecule has 6 N–H and O–H groups in total. The molecule has 0 radical (unpaired) electrons. The predicted molar refractivity (Wildman–Crippen MR) is 45.1 cm³/mol. The molecule has 0 saturated heterocycles. The Morgan fingerprint density at radius 1 is 0.733 bits per heavy atom. The van der Waals surface area contributed by atoms with Crippen LogP contribution in [0.2, 0.25) is 0 Å². The smallest absolute Gasteiger partial charge is 0.479 e. The van der Waals surface area contributed by atoms with Crippen molar-refractivity contribution in [3.8, 4) is 0 Å². The molecule has 15 heavy (non-hydrogen) atoms. The predicted octanol–water partition coefficient (Wildman–Crippen LogP) is -3.78. The molecular formula is C6H10CaO8+2. The van der Waals surface area contributed by atoms with E-state index in [1.54, 1.807) is 0 Å². The van der Waals surface area contributed by atoms with Crippen molar-refractivity contribution >= 4 is 49.7 Å². The van der Waals surface area contributed by atoms with Gasteiger partial charge in [-0.3, -0.25) is 0 Å². The summed E-state index contributed by atoms with van der Waals surface area (Å²) >= 11 is 0. The number of carboxylic acid groups (broad SMARTS) is 2. The summed E-state index contributed by atoms with van der Waals surface area (Å²) < 4.78 is 0. The van der Waals surface area contributed by atoms with E-state index < -0.39 is 36.4 Å². The summed E-state index contributed by atoms with van der Waals surface area (Å²) in [5.74, 6) is -3.68. The maximum Gasteiger partial charge on any atom is 2.00 e. The van der Waals surface area contributed by atoms with Gasteiger partial charge in [-0.15, -0.1) is 0 Å². The van der Waals surface area contributed by atoms with E-state index in [0.29, 0.717) is 0 Å². The van der Waals surface area contributed by atoms with E-state index >= 15 is 0 Å². The second-order valence-corrected chi connectivity index (χ2v) is 2.55. The van der Waals surface area contributed by atoms with E-state index in [2.05, 4.69) is 0 Å². The van der Waals surface area contributed by atoms with Crippen molar-refractivity contribution in [1.29, 1.82) is 0 Å². The molecule has 0 aliphatic rings. The van der Waals surface area contributed by atoms with E-state index in [-0.39, 0.29) is 37.7 Å². The van der Waals surface area contributed by atoms with Crippen molar-refractivity contribution in [3.63, 3.8) is 0 Å². The quantitative estimate of drug-likeness (QED) is 0.271. The SMILES string of the molecule is O=C(O)C(O)C(O)C(O)C(O)C(=O)O.[Ca+2]. The van der Waals surface area contributed by atoms with Crippen LogP contribution >= 0.6 is 0 Å². The summed E-state index contributed by atoms with van der Waals surface area (Å²) in [6.07, 6.45) is -9.28. The molecule has 0 aromatic heterocycles. The number of carboxylic acids is 2. The molecule has 0 rings (SSSR count). The minimum atomic E-state index is -2.36. The Hall–Kier alpha value is 0.0397. The Bertz CT molecular complexity index is 207. The third-order valence-corrected chi connectivity index (χ3v) is 1.50. The van der Waals surface area contributed by atoms with Gasteiger partial charge in [0.25, 0.3) is 0 Å². The van der Waals surface area contributed by atoms with Crippen LogP contribution in [-0.4, -0.2) is 105 Å². The zero-order chi connectivity index (χ0) is 11.5. The van der Waals surface area contributed by atoms with Crippen LogP contribution in [0.25, 0.3) is 0 Å². The molecule has 0 bridgehead atoms. The van der Waals surface area contributed by atoms with E-state index in [9.17, 15) is 9.59 Å². The maximum atomic E-state index is 10.1. The fraction of sp³-hybridized carbons (Fsp3) is 0.667. The van der Waals surface area contributed by atoms with Crippen molar-refractivity contribution in [3.05, 3.63) is 0 Å².